The third kappa shape index (κ3) is 5.78. The Balaban J connectivity index is 1.32. The van der Waals surface area contributed by atoms with E-state index < -0.39 is 0 Å². The molecule has 0 bridgehead atoms. The van der Waals surface area contributed by atoms with Crippen LogP contribution >= 0.6 is 0 Å². The van der Waals surface area contributed by atoms with Gasteiger partial charge in [-0.1, -0.05) is 31.0 Å². The Morgan fingerprint density at radius 1 is 1.18 bits per heavy atom. The number of anilines is 1. The standard InChI is InChI=1S/C26H37N5O3/c1-20-22(18-28-30(20)2)29-24(32)19-31-15-12-26(13-16-31)11-7-3-4-8-21-9-5-6-10-23(21)34-17-14-27-25(26)33/h5-6,9-10,18H,3-4,7-8,11-17,19H2,1-2H3,(H,27,33)(H,29,32). The maximum absolute atomic E-state index is 13.3. The van der Waals surface area contributed by atoms with Crippen molar-refractivity contribution in [3.8, 4) is 5.75 Å². The van der Waals surface area contributed by atoms with Crippen LogP contribution in [-0.2, 0) is 23.1 Å². The number of carbonyl (C=O) groups is 2. The fourth-order valence-electron chi connectivity index (χ4n) is 5.06. The molecule has 34 heavy (non-hydrogen) atoms. The van der Waals surface area contributed by atoms with Crippen LogP contribution in [0.3, 0.4) is 0 Å². The first kappa shape index (κ1) is 24.3. The Morgan fingerprint density at radius 2 is 1.97 bits per heavy atom. The molecule has 1 aromatic carbocycles. The molecular formula is C26H37N5O3. The highest BCUT2D eigenvalue weighted by Crippen LogP contribution is 2.37. The molecule has 3 heterocycles. The molecule has 8 heteroatoms. The number of nitrogens with zero attached hydrogens (tertiary/aromatic N) is 3. The number of fused-ring (bicyclic) bond motifs is 1. The van der Waals surface area contributed by atoms with E-state index in [9.17, 15) is 9.59 Å². The Morgan fingerprint density at radius 3 is 2.74 bits per heavy atom. The molecule has 4 rings (SSSR count). The fraction of sp³-hybridized carbons (Fsp3) is 0.577. The lowest BCUT2D eigenvalue weighted by molar-refractivity contribution is -0.135. The van der Waals surface area contributed by atoms with E-state index in [1.807, 2.05) is 26.1 Å². The molecule has 1 spiro atoms. The van der Waals surface area contributed by atoms with Gasteiger partial charge in [0.25, 0.3) is 0 Å². The normalized spacial score (nSPS) is 19.6. The van der Waals surface area contributed by atoms with Crippen molar-refractivity contribution in [3.05, 3.63) is 41.7 Å². The molecule has 0 aliphatic carbocycles. The molecule has 0 radical (unpaired) electrons. The molecule has 2 aliphatic heterocycles. The van der Waals surface area contributed by atoms with Gasteiger partial charge in [-0.2, -0.15) is 5.10 Å². The van der Waals surface area contributed by atoms with E-state index in [4.69, 9.17) is 4.74 Å². The molecular weight excluding hydrogens is 430 g/mol. The fourth-order valence-corrected chi connectivity index (χ4v) is 5.06. The predicted octanol–water partition coefficient (Wildman–Crippen LogP) is 3.06. The first-order valence-corrected chi connectivity index (χ1v) is 12.5. The minimum Gasteiger partial charge on any atom is -0.491 e. The van der Waals surface area contributed by atoms with Gasteiger partial charge in [-0.05, 0) is 63.7 Å². The number of piperidine rings is 1. The SMILES string of the molecule is Cc1c(NC(=O)CN2CCC3(CCCCCc4ccccc4OCCNC3=O)CC2)cnn1C. The molecule has 2 amide bonds. The van der Waals surface area contributed by atoms with Gasteiger partial charge in [0.05, 0.1) is 36.1 Å². The molecule has 2 N–H and O–H groups in total. The minimum atomic E-state index is -0.353. The molecule has 1 fully saturated rings. The Bertz CT molecular complexity index is 994. The number of rotatable bonds is 3. The topological polar surface area (TPSA) is 88.5 Å². The number of aryl methyl sites for hydroxylation is 2. The summed E-state index contributed by atoms with van der Waals surface area (Å²) in [6.45, 7) is 4.73. The van der Waals surface area contributed by atoms with Crippen LogP contribution in [-0.4, -0.2) is 59.3 Å². The van der Waals surface area contributed by atoms with Gasteiger partial charge in [-0.25, -0.2) is 0 Å². The number of benzene rings is 1. The predicted molar refractivity (Wildman–Crippen MR) is 132 cm³/mol. The zero-order valence-electron chi connectivity index (χ0n) is 20.4. The Kier molecular flexibility index (Phi) is 7.88. The van der Waals surface area contributed by atoms with Crippen LogP contribution in [0.5, 0.6) is 5.75 Å². The van der Waals surface area contributed by atoms with Crippen LogP contribution < -0.4 is 15.4 Å². The van der Waals surface area contributed by atoms with Crippen LogP contribution in [0.2, 0.25) is 0 Å². The van der Waals surface area contributed by atoms with Crippen molar-refractivity contribution < 1.29 is 14.3 Å². The van der Waals surface area contributed by atoms with Crippen molar-refractivity contribution in [1.29, 1.82) is 0 Å². The number of amides is 2. The second kappa shape index (κ2) is 11.0. The lowest BCUT2D eigenvalue weighted by Crippen LogP contribution is -2.50. The number of likely N-dealkylation sites (tertiary alicyclic amines) is 1. The van der Waals surface area contributed by atoms with E-state index in [0.717, 1.165) is 75.2 Å². The highest BCUT2D eigenvalue weighted by molar-refractivity contribution is 5.92. The number of hydrogen-bond donors (Lipinski definition) is 2. The monoisotopic (exact) mass is 467 g/mol. The summed E-state index contributed by atoms with van der Waals surface area (Å²) >= 11 is 0. The number of carbonyl (C=O) groups excluding carboxylic acids is 2. The molecule has 184 valence electrons. The van der Waals surface area contributed by atoms with Crippen molar-refractivity contribution >= 4 is 17.5 Å². The van der Waals surface area contributed by atoms with Crippen LogP contribution in [0, 0.1) is 12.3 Å². The third-order valence-corrected chi connectivity index (χ3v) is 7.39. The van der Waals surface area contributed by atoms with E-state index in [-0.39, 0.29) is 17.2 Å². The summed E-state index contributed by atoms with van der Waals surface area (Å²) in [4.78, 5) is 28.0. The van der Waals surface area contributed by atoms with Gasteiger partial charge in [-0.15, -0.1) is 0 Å². The molecule has 0 unspecified atom stereocenters. The molecule has 0 atom stereocenters. The number of hydrogen-bond acceptors (Lipinski definition) is 5. The number of para-hydroxylation sites is 1. The summed E-state index contributed by atoms with van der Waals surface area (Å²) in [7, 11) is 1.86. The van der Waals surface area contributed by atoms with E-state index in [2.05, 4.69) is 32.8 Å². The first-order chi connectivity index (χ1) is 16.5. The quantitative estimate of drug-likeness (QED) is 0.724. The molecule has 2 aliphatic rings. The van der Waals surface area contributed by atoms with E-state index in [0.29, 0.717) is 19.7 Å². The highest BCUT2D eigenvalue weighted by atomic mass is 16.5. The lowest BCUT2D eigenvalue weighted by Gasteiger charge is -2.40. The second-order valence-corrected chi connectivity index (χ2v) is 9.64. The number of ether oxygens (including phenoxy) is 1. The third-order valence-electron chi connectivity index (χ3n) is 7.39. The largest absolute Gasteiger partial charge is 0.491 e. The maximum Gasteiger partial charge on any atom is 0.238 e. The van der Waals surface area contributed by atoms with Gasteiger partial charge in [0, 0.05) is 7.05 Å². The summed E-state index contributed by atoms with van der Waals surface area (Å²) in [5, 5.41) is 10.3. The Labute approximate surface area is 202 Å². The van der Waals surface area contributed by atoms with Gasteiger partial charge in [-0.3, -0.25) is 19.2 Å². The highest BCUT2D eigenvalue weighted by Gasteiger charge is 2.40. The molecule has 1 aromatic heterocycles. The average molecular weight is 468 g/mol. The zero-order chi connectivity index (χ0) is 24.0. The smallest absolute Gasteiger partial charge is 0.238 e. The number of aromatic nitrogens is 2. The van der Waals surface area contributed by atoms with Gasteiger partial charge in [0.15, 0.2) is 0 Å². The van der Waals surface area contributed by atoms with Crippen LogP contribution in [0.4, 0.5) is 5.69 Å². The van der Waals surface area contributed by atoms with Crippen molar-refractivity contribution in [2.45, 2.75) is 51.9 Å². The first-order valence-electron chi connectivity index (χ1n) is 12.5. The summed E-state index contributed by atoms with van der Waals surface area (Å²) in [6, 6.07) is 8.20. The average Bonchev–Trinajstić information content (AvgIpc) is 3.15. The van der Waals surface area contributed by atoms with Gasteiger partial charge < -0.3 is 15.4 Å². The minimum absolute atomic E-state index is 0.0387. The molecule has 8 nitrogen and oxygen atoms in total. The summed E-state index contributed by atoms with van der Waals surface area (Å²) in [5.41, 5.74) is 2.57. The second-order valence-electron chi connectivity index (χ2n) is 9.64. The summed E-state index contributed by atoms with van der Waals surface area (Å²) in [6.07, 6.45) is 8.37. The van der Waals surface area contributed by atoms with Gasteiger partial charge >= 0.3 is 0 Å². The van der Waals surface area contributed by atoms with Crippen LogP contribution in [0.25, 0.3) is 0 Å². The van der Waals surface area contributed by atoms with E-state index in [1.54, 1.807) is 10.9 Å². The summed E-state index contributed by atoms with van der Waals surface area (Å²) in [5.74, 6) is 1.03. The van der Waals surface area contributed by atoms with Crippen molar-refractivity contribution in [3.63, 3.8) is 0 Å². The molecule has 0 saturated carbocycles. The van der Waals surface area contributed by atoms with Crippen molar-refractivity contribution in [1.82, 2.24) is 20.0 Å². The van der Waals surface area contributed by atoms with Gasteiger partial charge in [0.1, 0.15) is 12.4 Å². The molecule has 2 aromatic rings. The van der Waals surface area contributed by atoms with Crippen LogP contribution in [0.15, 0.2) is 30.5 Å². The lowest BCUT2D eigenvalue weighted by atomic mass is 9.73. The number of nitrogens with one attached hydrogen (secondary N) is 2. The van der Waals surface area contributed by atoms with Crippen LogP contribution in [0.1, 0.15) is 49.8 Å². The van der Waals surface area contributed by atoms with E-state index in [1.165, 1.54) is 5.56 Å². The zero-order valence-corrected chi connectivity index (χ0v) is 20.4. The van der Waals surface area contributed by atoms with Crippen molar-refractivity contribution in [2.24, 2.45) is 12.5 Å². The molecule has 1 saturated heterocycles. The van der Waals surface area contributed by atoms with Crippen molar-refractivity contribution in [2.75, 3.05) is 38.1 Å². The van der Waals surface area contributed by atoms with E-state index >= 15 is 0 Å². The van der Waals surface area contributed by atoms with Gasteiger partial charge in [0.2, 0.25) is 11.8 Å². The summed E-state index contributed by atoms with van der Waals surface area (Å²) < 4.78 is 7.72. The maximum atomic E-state index is 13.3. The Hall–Kier alpha value is -2.87.